The van der Waals surface area contributed by atoms with E-state index in [1.54, 1.807) is 0 Å². The van der Waals surface area contributed by atoms with Crippen LogP contribution in [0.2, 0.25) is 0 Å². The minimum atomic E-state index is 0.480. The lowest BCUT2D eigenvalue weighted by molar-refractivity contribution is 0.293. The zero-order chi connectivity index (χ0) is 86.9. The number of nitrogens with zero attached hydrogens (tertiary/aromatic N) is 4. The Morgan fingerprint density at radius 2 is 0.306 bits per heavy atom. The summed E-state index contributed by atoms with van der Waals surface area (Å²) >= 11 is 0. The van der Waals surface area contributed by atoms with E-state index in [4.69, 9.17) is 18.9 Å². The highest BCUT2D eigenvalue weighted by Crippen LogP contribution is 2.46. The molecule has 9 rings (SSSR count). The van der Waals surface area contributed by atoms with Gasteiger partial charge in [-0.1, -0.05) is 384 Å². The third-order valence-electron chi connectivity index (χ3n) is 25.9. The summed E-state index contributed by atoms with van der Waals surface area (Å²) in [6.07, 6.45) is 67.6. The number of ether oxygens (including phenoxy) is 4. The lowest BCUT2D eigenvalue weighted by Crippen LogP contribution is -2.11. The van der Waals surface area contributed by atoms with Gasteiger partial charge in [0, 0.05) is 25.7 Å². The van der Waals surface area contributed by atoms with Gasteiger partial charge in [-0.05, 0) is 212 Å². The standard InChI is InChI=1S/C116H156N4O4/c1-5-9-13-17-21-25-29-33-37-41-45-49-53-73-121-113-105-77-101(97-65-57-93(89-117)58-66-97)78-106(113)86-108-80-103(99-69-61-95(91-119)62-70-99)82-110(115(108)123-75-55-51-47-43-39-35-31-27-23-19-15-11-7-3)88-112-84-104(100-71-63-96(92-120)64-72-100)83-111(116(112)124-76-56-52-48-44-40-36-32-28-24-20-16-12-8-4)87-109-81-102(98-67-59-94(90-118)60-68-98)79-107(85-105)114(109)122-74-54-50-46-42-38-34-30-26-22-18-14-10-6-2/h57-72,77-84H,5-56,73-76,85-88H2,1-4H3. The average Bonchev–Trinajstić information content (AvgIpc) is 0.762. The predicted molar refractivity (Wildman–Crippen MR) is 522 cm³/mol. The molecule has 124 heavy (non-hydrogen) atoms. The molecule has 1 aliphatic rings. The molecule has 0 atom stereocenters. The zero-order valence-electron chi connectivity index (χ0n) is 77.7. The molecular weight excluding hydrogens is 1510 g/mol. The maximum absolute atomic E-state index is 10.3. The van der Waals surface area contributed by atoms with E-state index in [0.29, 0.717) is 74.4 Å². The van der Waals surface area contributed by atoms with Crippen LogP contribution < -0.4 is 18.9 Å². The number of unbranched alkanes of at least 4 members (excludes halogenated alkanes) is 48. The van der Waals surface area contributed by atoms with Crippen molar-refractivity contribution in [1.29, 1.82) is 21.0 Å². The van der Waals surface area contributed by atoms with Crippen molar-refractivity contribution in [3.8, 4) is 91.8 Å². The molecule has 8 aromatic rings. The summed E-state index contributed by atoms with van der Waals surface area (Å²) in [5.41, 5.74) is 19.1. The van der Waals surface area contributed by atoms with Crippen LogP contribution in [0.4, 0.5) is 0 Å². The van der Waals surface area contributed by atoms with Crippen LogP contribution in [0.25, 0.3) is 44.5 Å². The monoisotopic (exact) mass is 1670 g/mol. The van der Waals surface area contributed by atoms with E-state index in [0.717, 1.165) is 163 Å². The van der Waals surface area contributed by atoms with E-state index in [9.17, 15) is 21.0 Å². The molecule has 0 aliphatic heterocycles. The van der Waals surface area contributed by atoms with Crippen LogP contribution in [-0.4, -0.2) is 26.4 Å². The maximum atomic E-state index is 10.3. The second-order valence-corrected chi connectivity index (χ2v) is 36.3. The summed E-state index contributed by atoms with van der Waals surface area (Å²) in [6, 6.07) is 60.8. The van der Waals surface area contributed by atoms with Gasteiger partial charge in [0.1, 0.15) is 23.0 Å². The Hall–Kier alpha value is -9.08. The smallest absolute Gasteiger partial charge is 0.126 e. The molecule has 0 spiro atoms. The summed E-state index contributed by atoms with van der Waals surface area (Å²) in [4.78, 5) is 0. The van der Waals surface area contributed by atoms with Gasteiger partial charge < -0.3 is 18.9 Å². The molecule has 8 nitrogen and oxygen atoms in total. The molecule has 1 aliphatic carbocycles. The second kappa shape index (κ2) is 60.5. The molecule has 0 aromatic heterocycles. The number of hydrogen-bond donors (Lipinski definition) is 0. The predicted octanol–water partition coefficient (Wildman–Crippen LogP) is 34.4. The molecule has 664 valence electrons. The normalized spacial score (nSPS) is 11.7. The minimum absolute atomic E-state index is 0.480. The van der Waals surface area contributed by atoms with Crippen LogP contribution in [-0.2, 0) is 25.7 Å². The Morgan fingerprint density at radius 3 is 0.435 bits per heavy atom. The van der Waals surface area contributed by atoms with E-state index in [1.807, 2.05) is 48.5 Å². The lowest BCUT2D eigenvalue weighted by atomic mass is 9.86. The summed E-state index contributed by atoms with van der Waals surface area (Å²) in [5.74, 6) is 3.52. The highest BCUT2D eigenvalue weighted by atomic mass is 16.5. The summed E-state index contributed by atoms with van der Waals surface area (Å²) in [5, 5.41) is 41.1. The van der Waals surface area contributed by atoms with Crippen molar-refractivity contribution in [2.24, 2.45) is 0 Å². The lowest BCUT2D eigenvalue weighted by Gasteiger charge is -2.25. The molecular formula is C116H156N4O4. The van der Waals surface area contributed by atoms with Gasteiger partial charge in [0.05, 0.1) is 73.0 Å². The average molecular weight is 1670 g/mol. The van der Waals surface area contributed by atoms with Crippen molar-refractivity contribution in [2.75, 3.05) is 26.4 Å². The van der Waals surface area contributed by atoms with Crippen LogP contribution >= 0.6 is 0 Å². The number of hydrogen-bond acceptors (Lipinski definition) is 8. The van der Waals surface area contributed by atoms with Crippen LogP contribution in [0, 0.1) is 45.3 Å². The fourth-order valence-electron chi connectivity index (χ4n) is 18.4. The first-order chi connectivity index (χ1) is 61.3. The molecule has 8 aromatic carbocycles. The largest absolute Gasteiger partial charge is 0.493 e. The van der Waals surface area contributed by atoms with Gasteiger partial charge in [-0.25, -0.2) is 0 Å². The Balaban J connectivity index is 1.20. The molecule has 0 saturated carbocycles. The summed E-state index contributed by atoms with van der Waals surface area (Å²) in [6.45, 7) is 11.4. The van der Waals surface area contributed by atoms with Gasteiger partial charge in [-0.3, -0.25) is 0 Å². The number of rotatable bonds is 64. The highest BCUT2D eigenvalue weighted by Gasteiger charge is 2.27. The molecule has 0 heterocycles. The minimum Gasteiger partial charge on any atom is -0.493 e. The van der Waals surface area contributed by atoms with E-state index < -0.39 is 0 Å². The van der Waals surface area contributed by atoms with E-state index in [-0.39, 0.29) is 0 Å². The Kier molecular flexibility index (Phi) is 48.2. The van der Waals surface area contributed by atoms with E-state index in [2.05, 4.69) is 149 Å². The fraction of sp³-hybridized carbons (Fsp3) is 0.552. The zero-order valence-corrected chi connectivity index (χ0v) is 77.7. The van der Waals surface area contributed by atoms with Crippen LogP contribution in [0.3, 0.4) is 0 Å². The maximum Gasteiger partial charge on any atom is 0.126 e. The number of nitriles is 4. The van der Waals surface area contributed by atoms with Gasteiger partial charge in [0.15, 0.2) is 0 Å². The van der Waals surface area contributed by atoms with Crippen molar-refractivity contribution < 1.29 is 18.9 Å². The van der Waals surface area contributed by atoms with Gasteiger partial charge in [0.2, 0.25) is 0 Å². The van der Waals surface area contributed by atoms with Crippen molar-refractivity contribution in [3.63, 3.8) is 0 Å². The van der Waals surface area contributed by atoms with E-state index in [1.165, 1.54) is 283 Å². The third kappa shape index (κ3) is 35.7. The Bertz CT molecular complexity index is 3800. The molecule has 0 fully saturated rings. The van der Waals surface area contributed by atoms with Crippen molar-refractivity contribution in [3.05, 3.63) is 212 Å². The number of benzene rings is 8. The first-order valence-corrected chi connectivity index (χ1v) is 50.4. The highest BCUT2D eigenvalue weighted by molar-refractivity contribution is 5.76. The van der Waals surface area contributed by atoms with Gasteiger partial charge >= 0.3 is 0 Å². The second-order valence-electron chi connectivity index (χ2n) is 36.3. The fourth-order valence-corrected chi connectivity index (χ4v) is 18.4. The molecule has 0 radical (unpaired) electrons. The first-order valence-electron chi connectivity index (χ1n) is 50.4. The summed E-state index contributed by atoms with van der Waals surface area (Å²) in [7, 11) is 0. The SMILES string of the molecule is CCCCCCCCCCCCCCCOc1c2cc(-c3ccc(C#N)cc3)cc1Cc1cc(-c3ccc(C#N)cc3)cc(c1OCCCCCCCCCCCCCCC)Cc1cc(-c3ccc(C#N)cc3)cc(c1OCCCCCCCCCCCCCCC)Cc1cc(-c3ccc(C#N)cc3)cc(c1OCCCCCCCCCCCCCCC)C2. The van der Waals surface area contributed by atoms with Crippen LogP contribution in [0.15, 0.2) is 146 Å². The molecule has 8 heteroatoms. The number of fused-ring (bicyclic) bond motifs is 8. The van der Waals surface area contributed by atoms with Crippen LogP contribution in [0.5, 0.6) is 23.0 Å². The van der Waals surface area contributed by atoms with Crippen molar-refractivity contribution in [1.82, 2.24) is 0 Å². The molecule has 0 N–H and O–H groups in total. The molecule has 0 unspecified atom stereocenters. The Labute approximate surface area is 753 Å². The molecule has 8 bridgehead atoms. The van der Waals surface area contributed by atoms with Crippen molar-refractivity contribution >= 4 is 0 Å². The van der Waals surface area contributed by atoms with Crippen molar-refractivity contribution in [2.45, 2.75) is 387 Å². The van der Waals surface area contributed by atoms with Crippen LogP contribution in [0.1, 0.15) is 428 Å². The third-order valence-corrected chi connectivity index (χ3v) is 25.9. The molecule has 0 saturated heterocycles. The van der Waals surface area contributed by atoms with Gasteiger partial charge in [-0.2, -0.15) is 21.0 Å². The first kappa shape index (κ1) is 98.7. The summed E-state index contributed by atoms with van der Waals surface area (Å²) < 4.78 is 30.5. The topological polar surface area (TPSA) is 132 Å². The molecule has 0 amide bonds. The van der Waals surface area contributed by atoms with Gasteiger partial charge in [-0.15, -0.1) is 0 Å². The van der Waals surface area contributed by atoms with Gasteiger partial charge in [0.25, 0.3) is 0 Å². The Morgan fingerprint density at radius 1 is 0.177 bits per heavy atom. The quantitative estimate of drug-likeness (QED) is 0.0344. The van der Waals surface area contributed by atoms with E-state index >= 15 is 0 Å².